The molecule has 1 aromatic carbocycles. The molecule has 2 atom stereocenters. The van der Waals surface area contributed by atoms with Crippen LogP contribution in [0.5, 0.6) is 0 Å². The maximum absolute atomic E-state index is 6.01. The number of halogens is 1. The van der Waals surface area contributed by atoms with E-state index in [1.54, 1.807) is 0 Å². The minimum atomic E-state index is 0. The summed E-state index contributed by atoms with van der Waals surface area (Å²) in [6.07, 6.45) is 0. The molecule has 0 fully saturated rings. The fourth-order valence-corrected chi connectivity index (χ4v) is 2.94. The number of anilines is 3. The van der Waals surface area contributed by atoms with Gasteiger partial charge < -0.3 is 28.9 Å². The second-order valence-corrected chi connectivity index (χ2v) is 5.63. The first-order chi connectivity index (χ1) is 9.50. The van der Waals surface area contributed by atoms with Crippen LogP contribution in [0.25, 0.3) is 0 Å². The van der Waals surface area contributed by atoms with E-state index in [-0.39, 0.29) is 24.0 Å². The Bertz CT molecular complexity index is 648. The van der Waals surface area contributed by atoms with Crippen LogP contribution in [-0.4, -0.2) is 11.0 Å². The molecular formula is C16H21IN4. The Morgan fingerprint density at radius 1 is 1.24 bits per heavy atom. The van der Waals surface area contributed by atoms with Crippen LogP contribution in [0.2, 0.25) is 0 Å². The fourth-order valence-electron chi connectivity index (χ4n) is 2.94. The van der Waals surface area contributed by atoms with Gasteiger partial charge in [0.1, 0.15) is 0 Å². The van der Waals surface area contributed by atoms with Crippen LogP contribution in [0, 0.1) is 6.92 Å². The zero-order valence-corrected chi connectivity index (χ0v) is 15.0. The molecule has 0 saturated carbocycles. The van der Waals surface area contributed by atoms with E-state index in [2.05, 4.69) is 61.0 Å². The van der Waals surface area contributed by atoms with Crippen molar-refractivity contribution >= 4 is 17.5 Å². The van der Waals surface area contributed by atoms with E-state index in [1.807, 2.05) is 11.6 Å². The van der Waals surface area contributed by atoms with Gasteiger partial charge in [-0.05, 0) is 25.5 Å². The lowest BCUT2D eigenvalue weighted by molar-refractivity contribution is -0.665. The van der Waals surface area contributed by atoms with Crippen molar-refractivity contribution in [2.24, 2.45) is 7.05 Å². The predicted octanol–water partition coefficient (Wildman–Crippen LogP) is -0.556. The van der Waals surface area contributed by atoms with Crippen LogP contribution < -0.4 is 39.2 Å². The minimum Gasteiger partial charge on any atom is -1.00 e. The van der Waals surface area contributed by atoms with E-state index in [1.165, 1.54) is 11.3 Å². The first kappa shape index (κ1) is 16.0. The number of rotatable bonds is 1. The molecule has 1 aromatic heterocycles. The average molecular weight is 396 g/mol. The largest absolute Gasteiger partial charge is 1.00 e. The summed E-state index contributed by atoms with van der Waals surface area (Å²) in [5.74, 6) is 1.97. The SMILES string of the molecule is Cc1cc(N2c3ccccc3C(C)C2C)nc(N)[n+]1C.[I-]. The maximum Gasteiger partial charge on any atom is 0.391 e. The lowest BCUT2D eigenvalue weighted by Crippen LogP contribution is -3.00. The number of aryl methyl sites for hydroxylation is 1. The Labute approximate surface area is 143 Å². The third-order valence-electron chi connectivity index (χ3n) is 4.50. The van der Waals surface area contributed by atoms with E-state index in [0.717, 1.165) is 11.5 Å². The minimum absolute atomic E-state index is 0. The van der Waals surface area contributed by atoms with E-state index in [0.29, 0.717) is 17.9 Å². The number of aromatic nitrogens is 2. The van der Waals surface area contributed by atoms with E-state index in [4.69, 9.17) is 5.73 Å². The second-order valence-electron chi connectivity index (χ2n) is 5.63. The molecule has 4 nitrogen and oxygen atoms in total. The Morgan fingerprint density at radius 2 is 1.90 bits per heavy atom. The van der Waals surface area contributed by atoms with Crippen molar-refractivity contribution in [1.82, 2.24) is 4.98 Å². The standard InChI is InChI=1S/C16H20N4.HI/c1-10-9-15(18-16(17)19(10)4)20-12(3)11(2)13-7-5-6-8-14(13)20;/h5-9,11-12,17H,1-4H3;1H. The lowest BCUT2D eigenvalue weighted by atomic mass is 9.98. The van der Waals surface area contributed by atoms with E-state index < -0.39 is 0 Å². The smallest absolute Gasteiger partial charge is 0.391 e. The van der Waals surface area contributed by atoms with Crippen LogP contribution in [0.1, 0.15) is 31.0 Å². The van der Waals surface area contributed by atoms with Crippen molar-refractivity contribution in [3.63, 3.8) is 0 Å². The topological polar surface area (TPSA) is 46.0 Å². The Morgan fingerprint density at radius 3 is 2.57 bits per heavy atom. The summed E-state index contributed by atoms with van der Waals surface area (Å²) in [6, 6.07) is 11.0. The summed E-state index contributed by atoms with van der Waals surface area (Å²) >= 11 is 0. The quantitative estimate of drug-likeness (QED) is 0.520. The third-order valence-corrected chi connectivity index (χ3v) is 4.50. The summed E-state index contributed by atoms with van der Waals surface area (Å²) in [6.45, 7) is 6.56. The molecule has 0 saturated heterocycles. The van der Waals surface area contributed by atoms with Crippen LogP contribution >= 0.6 is 0 Å². The Hall–Kier alpha value is -1.37. The molecule has 1 aliphatic rings. The van der Waals surface area contributed by atoms with Crippen molar-refractivity contribution < 1.29 is 28.5 Å². The number of benzene rings is 1. The van der Waals surface area contributed by atoms with Gasteiger partial charge in [0, 0.05) is 23.7 Å². The highest BCUT2D eigenvalue weighted by Crippen LogP contribution is 2.44. The second kappa shape index (κ2) is 5.79. The molecule has 1 aliphatic heterocycles. The van der Waals surface area contributed by atoms with Gasteiger partial charge in [0.15, 0.2) is 0 Å². The van der Waals surface area contributed by atoms with Gasteiger partial charge in [0.25, 0.3) is 0 Å². The number of hydrogen-bond donors (Lipinski definition) is 1. The van der Waals surface area contributed by atoms with Gasteiger partial charge in [-0.1, -0.05) is 30.1 Å². The number of nitrogens with two attached hydrogens (primary N) is 1. The van der Waals surface area contributed by atoms with Crippen molar-refractivity contribution in [2.45, 2.75) is 32.7 Å². The van der Waals surface area contributed by atoms with Crippen molar-refractivity contribution in [3.05, 3.63) is 41.6 Å². The highest BCUT2D eigenvalue weighted by molar-refractivity contribution is 5.70. The number of hydrogen-bond acceptors (Lipinski definition) is 3. The summed E-state index contributed by atoms with van der Waals surface area (Å²) in [5, 5.41) is 0. The van der Waals surface area contributed by atoms with Gasteiger partial charge in [-0.15, -0.1) is 0 Å². The van der Waals surface area contributed by atoms with Gasteiger partial charge in [0.2, 0.25) is 5.82 Å². The van der Waals surface area contributed by atoms with Crippen LogP contribution in [0.15, 0.2) is 30.3 Å². The summed E-state index contributed by atoms with van der Waals surface area (Å²) in [7, 11) is 1.94. The maximum atomic E-state index is 6.01. The zero-order chi connectivity index (χ0) is 14.4. The molecule has 2 heterocycles. The number of para-hydroxylation sites is 1. The van der Waals surface area contributed by atoms with Crippen LogP contribution in [0.3, 0.4) is 0 Å². The summed E-state index contributed by atoms with van der Waals surface area (Å²) in [4.78, 5) is 6.86. The molecule has 2 aromatic rings. The van der Waals surface area contributed by atoms with Crippen LogP contribution in [-0.2, 0) is 7.05 Å². The molecule has 0 amide bonds. The van der Waals surface area contributed by atoms with Gasteiger partial charge in [0.05, 0.1) is 12.7 Å². The molecule has 0 radical (unpaired) electrons. The molecule has 0 aliphatic carbocycles. The van der Waals surface area contributed by atoms with Crippen molar-refractivity contribution in [2.75, 3.05) is 10.6 Å². The third kappa shape index (κ3) is 2.47. The summed E-state index contributed by atoms with van der Waals surface area (Å²) < 4.78 is 1.90. The highest BCUT2D eigenvalue weighted by Gasteiger charge is 2.35. The Balaban J connectivity index is 0.00000161. The molecule has 0 spiro atoms. The predicted molar refractivity (Wildman–Crippen MR) is 81.0 cm³/mol. The molecule has 0 bridgehead atoms. The molecule has 5 heteroatoms. The molecule has 2 N–H and O–H groups in total. The molecule has 3 rings (SSSR count). The van der Waals surface area contributed by atoms with E-state index >= 15 is 0 Å². The number of fused-ring (bicyclic) bond motifs is 1. The fraction of sp³-hybridized carbons (Fsp3) is 0.375. The zero-order valence-electron chi connectivity index (χ0n) is 12.8. The van der Waals surface area contributed by atoms with Gasteiger partial charge in [-0.25, -0.2) is 4.57 Å². The van der Waals surface area contributed by atoms with Gasteiger partial charge in [-0.3, -0.25) is 5.73 Å². The monoisotopic (exact) mass is 396 g/mol. The molecule has 2 unspecified atom stereocenters. The first-order valence-corrected chi connectivity index (χ1v) is 7.02. The van der Waals surface area contributed by atoms with Gasteiger partial charge in [-0.2, -0.15) is 0 Å². The number of nitrogen functional groups attached to an aromatic ring is 1. The highest BCUT2D eigenvalue weighted by atomic mass is 127. The Kier molecular flexibility index (Phi) is 4.41. The molecular weight excluding hydrogens is 375 g/mol. The van der Waals surface area contributed by atoms with Crippen molar-refractivity contribution in [1.29, 1.82) is 0 Å². The van der Waals surface area contributed by atoms with Crippen LogP contribution in [0.4, 0.5) is 17.5 Å². The molecule has 112 valence electrons. The van der Waals surface area contributed by atoms with Crippen molar-refractivity contribution in [3.8, 4) is 0 Å². The number of nitrogens with zero attached hydrogens (tertiary/aromatic N) is 3. The summed E-state index contributed by atoms with van der Waals surface area (Å²) in [5.41, 5.74) is 9.75. The first-order valence-electron chi connectivity index (χ1n) is 7.02. The molecule has 21 heavy (non-hydrogen) atoms. The van der Waals surface area contributed by atoms with E-state index in [9.17, 15) is 0 Å². The average Bonchev–Trinajstić information content (AvgIpc) is 2.68. The normalized spacial score (nSPS) is 20.1. The lowest BCUT2D eigenvalue weighted by Gasteiger charge is -2.23. The van der Waals surface area contributed by atoms with Gasteiger partial charge >= 0.3 is 5.95 Å².